The lowest BCUT2D eigenvalue weighted by Crippen LogP contribution is -2.04. The molecule has 0 fully saturated rings. The zero-order valence-corrected chi connectivity index (χ0v) is 14.0. The van der Waals surface area contributed by atoms with E-state index in [1.807, 2.05) is 42.3 Å². The Labute approximate surface area is 146 Å². The van der Waals surface area contributed by atoms with Crippen molar-refractivity contribution in [2.75, 3.05) is 13.7 Å². The van der Waals surface area contributed by atoms with Crippen molar-refractivity contribution in [3.05, 3.63) is 65.6 Å². The van der Waals surface area contributed by atoms with Crippen LogP contribution in [0.4, 0.5) is 0 Å². The van der Waals surface area contributed by atoms with Gasteiger partial charge in [-0.15, -0.1) is 0 Å². The number of nitrogens with one attached hydrogen (secondary N) is 1. The Morgan fingerprint density at radius 2 is 2.24 bits per heavy atom. The molecule has 2 heterocycles. The summed E-state index contributed by atoms with van der Waals surface area (Å²) in [4.78, 5) is 19.0. The molecule has 0 spiro atoms. The summed E-state index contributed by atoms with van der Waals surface area (Å²) in [7, 11) is 1.63. The quantitative estimate of drug-likeness (QED) is 0.650. The number of aromatic nitrogens is 2. The number of fused-ring (bicyclic) bond motifs is 1. The SMILES string of the molecule is COc1ccc2[nH]c(CCCO)c(C(C=C=O)c3ccccn3)c2c1. The van der Waals surface area contributed by atoms with Crippen LogP contribution in [-0.4, -0.2) is 34.7 Å². The number of nitrogens with zero attached hydrogens (tertiary/aromatic N) is 1. The molecule has 0 amide bonds. The van der Waals surface area contributed by atoms with Crippen LogP contribution in [0.2, 0.25) is 0 Å². The third kappa shape index (κ3) is 3.48. The predicted molar refractivity (Wildman–Crippen MR) is 96.6 cm³/mol. The first-order chi connectivity index (χ1) is 12.3. The van der Waals surface area contributed by atoms with Crippen molar-refractivity contribution in [2.24, 2.45) is 0 Å². The van der Waals surface area contributed by atoms with E-state index in [1.165, 1.54) is 6.08 Å². The van der Waals surface area contributed by atoms with E-state index in [4.69, 9.17) is 4.74 Å². The first-order valence-corrected chi connectivity index (χ1v) is 8.19. The molecule has 2 N–H and O–H groups in total. The monoisotopic (exact) mass is 336 g/mol. The molecule has 0 aliphatic heterocycles. The van der Waals surface area contributed by atoms with Crippen molar-refractivity contribution in [1.82, 2.24) is 9.97 Å². The van der Waals surface area contributed by atoms with Crippen molar-refractivity contribution in [1.29, 1.82) is 0 Å². The Kier molecular flexibility index (Phi) is 5.29. The number of aliphatic hydroxyl groups is 1. The Morgan fingerprint density at radius 1 is 1.36 bits per heavy atom. The van der Waals surface area contributed by atoms with Crippen molar-refractivity contribution in [3.8, 4) is 5.75 Å². The molecule has 0 radical (unpaired) electrons. The van der Waals surface area contributed by atoms with E-state index >= 15 is 0 Å². The maximum Gasteiger partial charge on any atom is 0.121 e. The van der Waals surface area contributed by atoms with Crippen LogP contribution >= 0.6 is 0 Å². The molecule has 3 aromatic rings. The van der Waals surface area contributed by atoms with E-state index in [1.54, 1.807) is 13.3 Å². The minimum atomic E-state index is -0.312. The Bertz CT molecular complexity index is 896. The number of hydrogen-bond donors (Lipinski definition) is 2. The number of H-pyrrole nitrogens is 1. The topological polar surface area (TPSA) is 75.2 Å². The second-order valence-electron chi connectivity index (χ2n) is 5.77. The second-order valence-corrected chi connectivity index (χ2v) is 5.77. The molecule has 25 heavy (non-hydrogen) atoms. The third-order valence-electron chi connectivity index (χ3n) is 4.26. The largest absolute Gasteiger partial charge is 0.497 e. The number of ether oxygens (including phenoxy) is 1. The van der Waals surface area contributed by atoms with E-state index < -0.39 is 0 Å². The normalized spacial score (nSPS) is 11.9. The summed E-state index contributed by atoms with van der Waals surface area (Å²) in [5, 5.41) is 10.2. The number of pyridine rings is 1. The first kappa shape index (κ1) is 17.0. The lowest BCUT2D eigenvalue weighted by atomic mass is 9.91. The summed E-state index contributed by atoms with van der Waals surface area (Å²) in [5.41, 5.74) is 3.70. The average Bonchev–Trinajstić information content (AvgIpc) is 3.02. The summed E-state index contributed by atoms with van der Waals surface area (Å²) in [6.07, 6.45) is 4.52. The fourth-order valence-electron chi connectivity index (χ4n) is 3.13. The zero-order valence-electron chi connectivity index (χ0n) is 14.0. The molecule has 128 valence electrons. The molecular formula is C20H20N2O3. The van der Waals surface area contributed by atoms with Crippen LogP contribution in [0.1, 0.15) is 29.3 Å². The van der Waals surface area contributed by atoms with Gasteiger partial charge < -0.3 is 14.8 Å². The van der Waals surface area contributed by atoms with Gasteiger partial charge in [-0.2, -0.15) is 0 Å². The summed E-state index contributed by atoms with van der Waals surface area (Å²) < 4.78 is 5.36. The zero-order chi connectivity index (χ0) is 17.6. The van der Waals surface area contributed by atoms with Gasteiger partial charge in [0, 0.05) is 35.5 Å². The van der Waals surface area contributed by atoms with Gasteiger partial charge in [0.25, 0.3) is 0 Å². The highest BCUT2D eigenvalue weighted by atomic mass is 16.5. The Balaban J connectivity index is 2.23. The van der Waals surface area contributed by atoms with Crippen molar-refractivity contribution < 1.29 is 14.6 Å². The van der Waals surface area contributed by atoms with Gasteiger partial charge in [-0.05, 0) is 48.7 Å². The summed E-state index contributed by atoms with van der Waals surface area (Å²) in [6.45, 7) is 0.107. The van der Waals surface area contributed by atoms with E-state index in [9.17, 15) is 9.90 Å². The van der Waals surface area contributed by atoms with Crippen LogP contribution < -0.4 is 4.74 Å². The van der Waals surface area contributed by atoms with Gasteiger partial charge in [0.05, 0.1) is 18.7 Å². The van der Waals surface area contributed by atoms with Crippen LogP contribution in [0.3, 0.4) is 0 Å². The average molecular weight is 336 g/mol. The van der Waals surface area contributed by atoms with Crippen LogP contribution in [0.15, 0.2) is 48.7 Å². The van der Waals surface area contributed by atoms with Crippen molar-refractivity contribution in [2.45, 2.75) is 18.8 Å². The maximum atomic E-state index is 11.2. The van der Waals surface area contributed by atoms with Gasteiger partial charge >= 0.3 is 0 Å². The molecule has 1 aromatic carbocycles. The smallest absolute Gasteiger partial charge is 0.121 e. The lowest BCUT2D eigenvalue weighted by Gasteiger charge is -2.13. The van der Waals surface area contributed by atoms with E-state index in [0.29, 0.717) is 12.8 Å². The third-order valence-corrected chi connectivity index (χ3v) is 4.26. The molecular weight excluding hydrogens is 316 g/mol. The van der Waals surface area contributed by atoms with Crippen LogP contribution in [0.25, 0.3) is 10.9 Å². The second kappa shape index (κ2) is 7.79. The molecule has 0 saturated heterocycles. The number of methoxy groups -OCH3 is 1. The molecule has 2 aromatic heterocycles. The minimum Gasteiger partial charge on any atom is -0.497 e. The molecule has 5 nitrogen and oxygen atoms in total. The number of carbonyl (C=O) groups excluding carboxylic acids is 1. The first-order valence-electron chi connectivity index (χ1n) is 8.19. The van der Waals surface area contributed by atoms with E-state index in [0.717, 1.165) is 33.6 Å². The van der Waals surface area contributed by atoms with Gasteiger partial charge in [0.2, 0.25) is 0 Å². The molecule has 0 aliphatic rings. The van der Waals surface area contributed by atoms with Gasteiger partial charge in [0.1, 0.15) is 11.7 Å². The highest BCUT2D eigenvalue weighted by molar-refractivity contribution is 5.87. The molecule has 0 bridgehead atoms. The van der Waals surface area contributed by atoms with Crippen LogP contribution in [-0.2, 0) is 11.2 Å². The van der Waals surface area contributed by atoms with Crippen LogP contribution in [0, 0.1) is 0 Å². The number of aromatic amines is 1. The number of benzene rings is 1. The molecule has 0 saturated carbocycles. The highest BCUT2D eigenvalue weighted by Gasteiger charge is 2.22. The fourth-order valence-corrected chi connectivity index (χ4v) is 3.13. The number of aryl methyl sites for hydroxylation is 1. The van der Waals surface area contributed by atoms with E-state index in [-0.39, 0.29) is 12.5 Å². The van der Waals surface area contributed by atoms with Gasteiger partial charge in [0.15, 0.2) is 0 Å². The Hall–Kier alpha value is -2.88. The number of aliphatic hydroxyl groups excluding tert-OH is 1. The fraction of sp³-hybridized carbons (Fsp3) is 0.250. The molecule has 5 heteroatoms. The number of rotatable bonds is 7. The van der Waals surface area contributed by atoms with Gasteiger partial charge in [-0.1, -0.05) is 6.07 Å². The van der Waals surface area contributed by atoms with Crippen molar-refractivity contribution in [3.63, 3.8) is 0 Å². The molecule has 1 unspecified atom stereocenters. The lowest BCUT2D eigenvalue weighted by molar-refractivity contribution is 0.288. The summed E-state index contributed by atoms with van der Waals surface area (Å²) in [6, 6.07) is 11.4. The summed E-state index contributed by atoms with van der Waals surface area (Å²) in [5.74, 6) is 2.36. The highest BCUT2D eigenvalue weighted by Crippen LogP contribution is 2.36. The molecule has 3 rings (SSSR count). The molecule has 1 atom stereocenters. The number of allylic oxidation sites excluding steroid dienone is 1. The predicted octanol–water partition coefficient (Wildman–Crippen LogP) is 3.02. The number of hydrogen-bond acceptors (Lipinski definition) is 4. The van der Waals surface area contributed by atoms with E-state index in [2.05, 4.69) is 9.97 Å². The minimum absolute atomic E-state index is 0.107. The van der Waals surface area contributed by atoms with Gasteiger partial charge in [-0.25, -0.2) is 4.79 Å². The van der Waals surface area contributed by atoms with Gasteiger partial charge in [-0.3, -0.25) is 4.98 Å². The van der Waals surface area contributed by atoms with Crippen LogP contribution in [0.5, 0.6) is 5.75 Å². The van der Waals surface area contributed by atoms with Crippen molar-refractivity contribution >= 4 is 16.8 Å². The standard InChI is InChI=1S/C20H20N2O3/c1-25-14-7-8-18-16(13-14)20(19(22-18)6-4-11-23)15(9-12-24)17-5-2-3-10-21-17/h2-3,5,7-10,13,15,22-23H,4,6,11H2,1H3. The maximum absolute atomic E-state index is 11.2. The summed E-state index contributed by atoms with van der Waals surface area (Å²) >= 11 is 0. The molecule has 0 aliphatic carbocycles. The Morgan fingerprint density at radius 3 is 2.92 bits per heavy atom.